The van der Waals surface area contributed by atoms with Gasteiger partial charge in [-0.3, -0.25) is 9.48 Å². The summed E-state index contributed by atoms with van der Waals surface area (Å²) in [5, 5.41) is 4.31. The van der Waals surface area contributed by atoms with Gasteiger partial charge in [0.2, 0.25) is 0 Å². The molecule has 5 nitrogen and oxygen atoms in total. The molecule has 116 valence electrons. The summed E-state index contributed by atoms with van der Waals surface area (Å²) in [6.07, 6.45) is 1.86. The van der Waals surface area contributed by atoms with E-state index in [1.54, 1.807) is 10.7 Å². The highest BCUT2D eigenvalue weighted by atomic mass is 16.2. The molecule has 0 spiro atoms. The van der Waals surface area contributed by atoms with Gasteiger partial charge in [-0.05, 0) is 31.5 Å². The number of carbonyl (C=O) groups excluding carboxylic acids is 1. The molecule has 0 radical (unpaired) electrons. The zero-order chi connectivity index (χ0) is 15.5. The van der Waals surface area contributed by atoms with E-state index < -0.39 is 0 Å². The molecule has 1 aromatic heterocycles. The molecule has 1 aliphatic heterocycles. The van der Waals surface area contributed by atoms with Crippen molar-refractivity contribution in [3.8, 4) is 0 Å². The molecule has 1 saturated heterocycles. The van der Waals surface area contributed by atoms with Crippen LogP contribution in [0.2, 0.25) is 0 Å². The Morgan fingerprint density at radius 3 is 2.50 bits per heavy atom. The van der Waals surface area contributed by atoms with Crippen LogP contribution in [0.15, 0.2) is 36.5 Å². The molecule has 0 saturated carbocycles. The van der Waals surface area contributed by atoms with Crippen molar-refractivity contribution in [3.05, 3.63) is 47.8 Å². The van der Waals surface area contributed by atoms with Crippen LogP contribution in [-0.2, 0) is 6.54 Å². The maximum absolute atomic E-state index is 12.5. The number of hydrogen-bond donors (Lipinski definition) is 0. The Balaban J connectivity index is 1.64. The largest absolute Gasteiger partial charge is 0.368 e. The van der Waals surface area contributed by atoms with E-state index in [0.29, 0.717) is 5.69 Å². The number of aromatic nitrogens is 2. The molecule has 1 aromatic carbocycles. The van der Waals surface area contributed by atoms with Gasteiger partial charge < -0.3 is 9.80 Å². The molecule has 0 aliphatic carbocycles. The standard InChI is InChI=1S/C17H22N4O/c1-3-21-9-8-15(18-21)17(22)20-12-10-19(11-13-20)16-7-5-4-6-14(16)2/h4-9H,3,10-13H2,1-2H3. The number of nitrogens with zero attached hydrogens (tertiary/aromatic N) is 4. The van der Waals surface area contributed by atoms with E-state index >= 15 is 0 Å². The average Bonchev–Trinajstić information content (AvgIpc) is 3.04. The maximum atomic E-state index is 12.5. The predicted octanol–water partition coefficient (Wildman–Crippen LogP) is 2.17. The first-order valence-corrected chi connectivity index (χ1v) is 7.82. The van der Waals surface area contributed by atoms with Crippen LogP contribution in [0.4, 0.5) is 5.69 Å². The predicted molar refractivity (Wildman–Crippen MR) is 87.2 cm³/mol. The number of anilines is 1. The van der Waals surface area contributed by atoms with Crippen molar-refractivity contribution in [2.75, 3.05) is 31.1 Å². The fourth-order valence-electron chi connectivity index (χ4n) is 2.88. The molecule has 1 fully saturated rings. The molecule has 0 N–H and O–H groups in total. The van der Waals surface area contributed by atoms with Crippen LogP contribution in [0.3, 0.4) is 0 Å². The van der Waals surface area contributed by atoms with Crippen molar-refractivity contribution in [2.45, 2.75) is 20.4 Å². The third kappa shape index (κ3) is 2.84. The molecule has 1 aliphatic rings. The van der Waals surface area contributed by atoms with Crippen molar-refractivity contribution in [1.29, 1.82) is 0 Å². The fourth-order valence-corrected chi connectivity index (χ4v) is 2.88. The Kier molecular flexibility index (Phi) is 4.13. The van der Waals surface area contributed by atoms with Gasteiger partial charge in [0.25, 0.3) is 5.91 Å². The van der Waals surface area contributed by atoms with E-state index in [0.717, 1.165) is 32.7 Å². The van der Waals surface area contributed by atoms with E-state index in [1.807, 2.05) is 18.0 Å². The number of carbonyl (C=O) groups is 1. The average molecular weight is 298 g/mol. The van der Waals surface area contributed by atoms with Crippen molar-refractivity contribution in [2.24, 2.45) is 0 Å². The van der Waals surface area contributed by atoms with Gasteiger partial charge in [-0.2, -0.15) is 5.10 Å². The van der Waals surface area contributed by atoms with Crippen LogP contribution in [-0.4, -0.2) is 46.8 Å². The normalized spacial score (nSPS) is 15.2. The minimum absolute atomic E-state index is 0.0385. The number of hydrogen-bond acceptors (Lipinski definition) is 3. The van der Waals surface area contributed by atoms with Crippen LogP contribution in [0.5, 0.6) is 0 Å². The summed E-state index contributed by atoms with van der Waals surface area (Å²) in [5.74, 6) is 0.0385. The number of rotatable bonds is 3. The van der Waals surface area contributed by atoms with Gasteiger partial charge in [0, 0.05) is 44.6 Å². The van der Waals surface area contributed by atoms with Crippen LogP contribution in [0.25, 0.3) is 0 Å². The summed E-state index contributed by atoms with van der Waals surface area (Å²) in [7, 11) is 0. The second-order valence-corrected chi connectivity index (χ2v) is 5.62. The molecule has 0 unspecified atom stereocenters. The molecule has 3 rings (SSSR count). The first-order valence-electron chi connectivity index (χ1n) is 7.82. The second-order valence-electron chi connectivity index (χ2n) is 5.62. The lowest BCUT2D eigenvalue weighted by molar-refractivity contribution is 0.0740. The molecule has 0 bridgehead atoms. The van der Waals surface area contributed by atoms with Crippen LogP contribution < -0.4 is 4.90 Å². The zero-order valence-corrected chi connectivity index (χ0v) is 13.2. The van der Waals surface area contributed by atoms with Crippen molar-refractivity contribution < 1.29 is 4.79 Å². The van der Waals surface area contributed by atoms with Gasteiger partial charge in [0.1, 0.15) is 5.69 Å². The summed E-state index contributed by atoms with van der Waals surface area (Å²) >= 11 is 0. The second kappa shape index (κ2) is 6.22. The molecular formula is C17H22N4O. The molecule has 0 atom stereocenters. The number of amides is 1. The van der Waals surface area contributed by atoms with Crippen molar-refractivity contribution in [3.63, 3.8) is 0 Å². The molecule has 2 aromatic rings. The summed E-state index contributed by atoms with van der Waals surface area (Å²) in [6.45, 7) is 8.15. The van der Waals surface area contributed by atoms with E-state index in [9.17, 15) is 4.79 Å². The van der Waals surface area contributed by atoms with E-state index in [4.69, 9.17) is 0 Å². The number of para-hydroxylation sites is 1. The molecule has 2 heterocycles. The van der Waals surface area contributed by atoms with Crippen molar-refractivity contribution in [1.82, 2.24) is 14.7 Å². The maximum Gasteiger partial charge on any atom is 0.274 e. The van der Waals surface area contributed by atoms with Crippen LogP contribution in [0.1, 0.15) is 23.0 Å². The topological polar surface area (TPSA) is 41.4 Å². The summed E-state index contributed by atoms with van der Waals surface area (Å²) in [5.41, 5.74) is 3.10. The molecule has 1 amide bonds. The lowest BCUT2D eigenvalue weighted by atomic mass is 10.1. The molecule has 5 heteroatoms. The summed E-state index contributed by atoms with van der Waals surface area (Å²) < 4.78 is 1.79. The Labute approximate surface area is 131 Å². The van der Waals surface area contributed by atoms with E-state index in [2.05, 4.69) is 41.2 Å². The Hall–Kier alpha value is -2.30. The number of piperazine rings is 1. The monoisotopic (exact) mass is 298 g/mol. The minimum Gasteiger partial charge on any atom is -0.368 e. The minimum atomic E-state index is 0.0385. The summed E-state index contributed by atoms with van der Waals surface area (Å²) in [4.78, 5) is 16.7. The van der Waals surface area contributed by atoms with E-state index in [1.165, 1.54) is 11.3 Å². The van der Waals surface area contributed by atoms with E-state index in [-0.39, 0.29) is 5.91 Å². The zero-order valence-electron chi connectivity index (χ0n) is 13.2. The highest BCUT2D eigenvalue weighted by Gasteiger charge is 2.24. The third-order valence-electron chi connectivity index (χ3n) is 4.21. The highest BCUT2D eigenvalue weighted by Crippen LogP contribution is 2.21. The van der Waals surface area contributed by atoms with Gasteiger partial charge in [-0.15, -0.1) is 0 Å². The first-order chi connectivity index (χ1) is 10.7. The third-order valence-corrected chi connectivity index (χ3v) is 4.21. The van der Waals surface area contributed by atoms with Gasteiger partial charge in [0.05, 0.1) is 0 Å². The Bertz CT molecular complexity index is 656. The lowest BCUT2D eigenvalue weighted by Crippen LogP contribution is -2.49. The van der Waals surface area contributed by atoms with Gasteiger partial charge >= 0.3 is 0 Å². The Morgan fingerprint density at radius 2 is 1.86 bits per heavy atom. The number of aryl methyl sites for hydroxylation is 2. The first kappa shape index (κ1) is 14.6. The van der Waals surface area contributed by atoms with Crippen molar-refractivity contribution >= 4 is 11.6 Å². The van der Waals surface area contributed by atoms with Crippen LogP contribution in [0, 0.1) is 6.92 Å². The quantitative estimate of drug-likeness (QED) is 0.872. The SMILES string of the molecule is CCn1ccc(C(=O)N2CCN(c3ccccc3C)CC2)n1. The molecule has 22 heavy (non-hydrogen) atoms. The fraction of sp³-hybridized carbons (Fsp3) is 0.412. The summed E-state index contributed by atoms with van der Waals surface area (Å²) in [6, 6.07) is 10.2. The van der Waals surface area contributed by atoms with Gasteiger partial charge in [-0.25, -0.2) is 0 Å². The smallest absolute Gasteiger partial charge is 0.274 e. The Morgan fingerprint density at radius 1 is 1.14 bits per heavy atom. The van der Waals surface area contributed by atoms with Crippen LogP contribution >= 0.6 is 0 Å². The molecular weight excluding hydrogens is 276 g/mol. The number of benzene rings is 1. The highest BCUT2D eigenvalue weighted by molar-refractivity contribution is 5.92. The lowest BCUT2D eigenvalue weighted by Gasteiger charge is -2.36. The van der Waals surface area contributed by atoms with Gasteiger partial charge in [0.15, 0.2) is 0 Å². The van der Waals surface area contributed by atoms with Gasteiger partial charge in [-0.1, -0.05) is 18.2 Å².